The van der Waals surface area contributed by atoms with Crippen LogP contribution in [0, 0.1) is 10.1 Å². The van der Waals surface area contributed by atoms with Gasteiger partial charge in [-0.15, -0.1) is 0 Å². The first-order valence-corrected chi connectivity index (χ1v) is 5.84. The van der Waals surface area contributed by atoms with Gasteiger partial charge in [-0.05, 0) is 6.07 Å². The van der Waals surface area contributed by atoms with Crippen LogP contribution in [0.1, 0.15) is 0 Å². The lowest BCUT2D eigenvalue weighted by atomic mass is 10.2. The molecule has 0 atom stereocenters. The van der Waals surface area contributed by atoms with Crippen molar-refractivity contribution in [3.8, 4) is 5.69 Å². The summed E-state index contributed by atoms with van der Waals surface area (Å²) in [5.41, 5.74) is 1.55. The van der Waals surface area contributed by atoms with E-state index in [0.29, 0.717) is 11.4 Å². The van der Waals surface area contributed by atoms with Crippen LogP contribution in [-0.2, 0) is 0 Å². The monoisotopic (exact) mass is 270 g/mol. The molecule has 0 spiro atoms. The molecule has 7 nitrogen and oxygen atoms in total. The highest BCUT2D eigenvalue weighted by atomic mass is 16.6. The van der Waals surface area contributed by atoms with Gasteiger partial charge in [0.1, 0.15) is 5.69 Å². The molecular formula is C13H10N4O3. The standard InChI is InChI=1S/C13H10N4O3/c18-9-1-5-16(6-2-9)12-7-10-11(15-4-3-14-10)8-13(12)17(19)20/h1-8,14-15H. The number of nitrogens with zero attached hydrogens (tertiary/aromatic N) is 2. The Hall–Kier alpha value is -3.09. The highest BCUT2D eigenvalue weighted by molar-refractivity contribution is 5.80. The van der Waals surface area contributed by atoms with Crippen LogP contribution >= 0.6 is 0 Å². The van der Waals surface area contributed by atoms with E-state index in [2.05, 4.69) is 10.6 Å². The molecule has 1 aliphatic rings. The van der Waals surface area contributed by atoms with Crippen LogP contribution in [0.3, 0.4) is 0 Å². The summed E-state index contributed by atoms with van der Waals surface area (Å²) < 4.78 is 1.54. The maximum Gasteiger partial charge on any atom is 0.295 e. The molecule has 1 aliphatic heterocycles. The Balaban J connectivity index is 2.21. The lowest BCUT2D eigenvalue weighted by molar-refractivity contribution is -0.384. The molecular weight excluding hydrogens is 260 g/mol. The van der Waals surface area contributed by atoms with Gasteiger partial charge in [-0.25, -0.2) is 0 Å². The fourth-order valence-electron chi connectivity index (χ4n) is 2.00. The molecule has 0 unspecified atom stereocenters. The second kappa shape index (κ2) is 4.54. The van der Waals surface area contributed by atoms with Crippen molar-refractivity contribution in [2.24, 2.45) is 0 Å². The van der Waals surface area contributed by atoms with Crippen molar-refractivity contribution in [2.45, 2.75) is 0 Å². The number of anilines is 2. The Labute approximate surface area is 113 Å². The Morgan fingerprint density at radius 1 is 1.05 bits per heavy atom. The molecule has 1 aromatic carbocycles. The molecule has 0 fully saturated rings. The highest BCUT2D eigenvalue weighted by Crippen LogP contribution is 2.34. The minimum atomic E-state index is -0.451. The topological polar surface area (TPSA) is 89.2 Å². The van der Waals surface area contributed by atoms with Crippen molar-refractivity contribution in [2.75, 3.05) is 10.6 Å². The molecule has 0 bridgehead atoms. The van der Waals surface area contributed by atoms with Crippen LogP contribution < -0.4 is 16.1 Å². The molecule has 0 amide bonds. The number of nitrogens with one attached hydrogen (secondary N) is 2. The van der Waals surface area contributed by atoms with Crippen LogP contribution in [0.25, 0.3) is 5.69 Å². The van der Waals surface area contributed by atoms with Crippen molar-refractivity contribution in [1.82, 2.24) is 4.57 Å². The number of hydrogen-bond acceptors (Lipinski definition) is 5. The third-order valence-electron chi connectivity index (χ3n) is 2.95. The molecule has 0 saturated carbocycles. The molecule has 0 saturated heterocycles. The number of hydrogen-bond donors (Lipinski definition) is 2. The van der Waals surface area contributed by atoms with Crippen LogP contribution in [0.15, 0.2) is 53.9 Å². The fraction of sp³-hybridized carbons (Fsp3) is 0. The third kappa shape index (κ3) is 2.01. The Kier molecular flexibility index (Phi) is 2.72. The largest absolute Gasteiger partial charge is 0.359 e. The van der Waals surface area contributed by atoms with Gasteiger partial charge in [0.15, 0.2) is 5.43 Å². The van der Waals surface area contributed by atoms with Gasteiger partial charge in [0.05, 0.1) is 16.3 Å². The van der Waals surface area contributed by atoms with Crippen LogP contribution in [0.5, 0.6) is 0 Å². The molecule has 0 aliphatic carbocycles. The minimum absolute atomic E-state index is 0.0444. The second-order valence-corrected chi connectivity index (χ2v) is 4.21. The van der Waals surface area contributed by atoms with Crippen LogP contribution in [-0.4, -0.2) is 9.49 Å². The van der Waals surface area contributed by atoms with Crippen molar-refractivity contribution in [1.29, 1.82) is 0 Å². The SMILES string of the molecule is O=c1ccn(-c2cc3c(cc2[N+](=O)[O-])NC=CN3)cc1. The minimum Gasteiger partial charge on any atom is -0.359 e. The predicted octanol–water partition coefficient (Wildman–Crippen LogP) is 2.05. The molecule has 100 valence electrons. The number of nitro benzene ring substituents is 1. The van der Waals surface area contributed by atoms with Gasteiger partial charge >= 0.3 is 0 Å². The lowest BCUT2D eigenvalue weighted by Gasteiger charge is -2.16. The molecule has 2 heterocycles. The van der Waals surface area contributed by atoms with Crippen molar-refractivity contribution < 1.29 is 4.92 Å². The normalized spacial score (nSPS) is 12.2. The summed E-state index contributed by atoms with van der Waals surface area (Å²) in [4.78, 5) is 21.9. The third-order valence-corrected chi connectivity index (χ3v) is 2.95. The van der Waals surface area contributed by atoms with E-state index in [0.717, 1.165) is 5.69 Å². The molecule has 3 rings (SSSR count). The van der Waals surface area contributed by atoms with Gasteiger partial charge in [-0.1, -0.05) is 0 Å². The summed E-state index contributed by atoms with van der Waals surface area (Å²) in [7, 11) is 0. The van der Waals surface area contributed by atoms with Gasteiger partial charge in [-0.3, -0.25) is 14.9 Å². The maximum atomic E-state index is 11.2. The zero-order valence-corrected chi connectivity index (χ0v) is 10.2. The first-order valence-electron chi connectivity index (χ1n) is 5.84. The summed E-state index contributed by atoms with van der Waals surface area (Å²) in [6, 6.07) is 5.83. The predicted molar refractivity (Wildman–Crippen MR) is 75.1 cm³/mol. The van der Waals surface area contributed by atoms with Gasteiger partial charge in [0.25, 0.3) is 5.69 Å². The fourth-order valence-corrected chi connectivity index (χ4v) is 2.00. The number of rotatable bonds is 2. The average Bonchev–Trinajstić information content (AvgIpc) is 2.46. The van der Waals surface area contributed by atoms with Gasteiger partial charge in [0, 0.05) is 43.0 Å². The zero-order chi connectivity index (χ0) is 14.1. The van der Waals surface area contributed by atoms with E-state index in [1.54, 1.807) is 23.0 Å². The first kappa shape index (κ1) is 12.0. The van der Waals surface area contributed by atoms with E-state index in [-0.39, 0.29) is 11.1 Å². The van der Waals surface area contributed by atoms with E-state index >= 15 is 0 Å². The van der Waals surface area contributed by atoms with Crippen LogP contribution in [0.4, 0.5) is 17.1 Å². The molecule has 20 heavy (non-hydrogen) atoms. The molecule has 2 aromatic rings. The molecule has 2 N–H and O–H groups in total. The number of fused-ring (bicyclic) bond motifs is 1. The Morgan fingerprint density at radius 3 is 2.25 bits per heavy atom. The van der Waals surface area contributed by atoms with Crippen molar-refractivity contribution in [3.63, 3.8) is 0 Å². The van der Waals surface area contributed by atoms with Gasteiger partial charge in [-0.2, -0.15) is 0 Å². The zero-order valence-electron chi connectivity index (χ0n) is 10.2. The van der Waals surface area contributed by atoms with Crippen molar-refractivity contribution >= 4 is 17.1 Å². The van der Waals surface area contributed by atoms with E-state index in [4.69, 9.17) is 0 Å². The summed E-state index contributed by atoms with van der Waals surface area (Å²) in [6.07, 6.45) is 6.36. The second-order valence-electron chi connectivity index (χ2n) is 4.21. The molecule has 0 radical (unpaired) electrons. The number of pyridine rings is 1. The number of aromatic nitrogens is 1. The molecule has 1 aromatic heterocycles. The van der Waals surface area contributed by atoms with E-state index < -0.39 is 4.92 Å². The Morgan fingerprint density at radius 2 is 1.65 bits per heavy atom. The maximum absolute atomic E-state index is 11.2. The quantitative estimate of drug-likeness (QED) is 0.644. The van der Waals surface area contributed by atoms with E-state index in [1.165, 1.54) is 30.6 Å². The summed E-state index contributed by atoms with van der Waals surface area (Å²) >= 11 is 0. The van der Waals surface area contributed by atoms with Crippen molar-refractivity contribution in [3.05, 3.63) is 69.4 Å². The van der Waals surface area contributed by atoms with Gasteiger partial charge < -0.3 is 15.2 Å². The van der Waals surface area contributed by atoms with Crippen LogP contribution in [0.2, 0.25) is 0 Å². The van der Waals surface area contributed by atoms with E-state index in [1.807, 2.05) is 0 Å². The average molecular weight is 270 g/mol. The number of nitro groups is 1. The van der Waals surface area contributed by atoms with E-state index in [9.17, 15) is 14.9 Å². The Bertz CT molecular complexity index is 759. The summed E-state index contributed by atoms with van der Waals surface area (Å²) in [6.45, 7) is 0. The number of benzene rings is 1. The smallest absolute Gasteiger partial charge is 0.295 e. The first-order chi connectivity index (χ1) is 9.65. The lowest BCUT2D eigenvalue weighted by Crippen LogP contribution is -2.08. The van der Waals surface area contributed by atoms with Gasteiger partial charge in [0.2, 0.25) is 0 Å². The summed E-state index contributed by atoms with van der Waals surface area (Å²) in [5, 5.41) is 17.2. The highest BCUT2D eigenvalue weighted by Gasteiger charge is 2.19. The molecule has 7 heteroatoms. The summed E-state index contributed by atoms with van der Waals surface area (Å²) in [5.74, 6) is 0.